The summed E-state index contributed by atoms with van der Waals surface area (Å²) in [5.74, 6) is 1.05. The zero-order chi connectivity index (χ0) is 19.6. The van der Waals surface area contributed by atoms with Crippen molar-refractivity contribution in [3.05, 3.63) is 51.9 Å². The molecule has 0 bridgehead atoms. The number of aromatic amines is 1. The van der Waals surface area contributed by atoms with Gasteiger partial charge in [-0.3, -0.25) is 9.59 Å². The summed E-state index contributed by atoms with van der Waals surface area (Å²) >= 11 is 0. The summed E-state index contributed by atoms with van der Waals surface area (Å²) in [7, 11) is 0. The fourth-order valence-corrected chi connectivity index (χ4v) is 3.92. The van der Waals surface area contributed by atoms with E-state index >= 15 is 0 Å². The molecule has 1 aromatic carbocycles. The van der Waals surface area contributed by atoms with Crippen molar-refractivity contribution < 1.29 is 4.79 Å². The molecule has 27 heavy (non-hydrogen) atoms. The van der Waals surface area contributed by atoms with Crippen molar-refractivity contribution in [3.63, 3.8) is 0 Å². The van der Waals surface area contributed by atoms with E-state index in [0.717, 1.165) is 17.7 Å². The van der Waals surface area contributed by atoms with Crippen LogP contribution in [0.25, 0.3) is 11.4 Å². The number of carbonyl (C=O) groups is 1. The van der Waals surface area contributed by atoms with E-state index < -0.39 is 0 Å². The van der Waals surface area contributed by atoms with Gasteiger partial charge >= 0.3 is 0 Å². The molecule has 2 heterocycles. The first-order valence-electron chi connectivity index (χ1n) is 9.68. The molecule has 0 fully saturated rings. The molecular weight excluding hydrogens is 338 g/mol. The Morgan fingerprint density at radius 2 is 1.96 bits per heavy atom. The molecule has 1 aromatic heterocycles. The van der Waals surface area contributed by atoms with Crippen LogP contribution in [0.2, 0.25) is 0 Å². The number of hydrogen-bond donors (Lipinski definition) is 1. The fraction of sp³-hybridized carbons (Fsp3) is 0.500. The van der Waals surface area contributed by atoms with Gasteiger partial charge in [0.2, 0.25) is 5.91 Å². The lowest BCUT2D eigenvalue weighted by Crippen LogP contribution is -2.40. The molecule has 1 atom stereocenters. The number of hydrogen-bond acceptors (Lipinski definition) is 3. The molecule has 0 spiro atoms. The van der Waals surface area contributed by atoms with Gasteiger partial charge in [-0.25, -0.2) is 4.98 Å². The van der Waals surface area contributed by atoms with E-state index in [2.05, 4.69) is 37.7 Å². The summed E-state index contributed by atoms with van der Waals surface area (Å²) < 4.78 is 0. The zero-order valence-corrected chi connectivity index (χ0v) is 16.7. The molecule has 144 valence electrons. The minimum atomic E-state index is -0.140. The molecule has 1 amide bonds. The highest BCUT2D eigenvalue weighted by atomic mass is 16.2. The van der Waals surface area contributed by atoms with E-state index in [0.29, 0.717) is 43.2 Å². The highest BCUT2D eigenvalue weighted by Gasteiger charge is 2.26. The normalized spacial score (nSPS) is 15.3. The summed E-state index contributed by atoms with van der Waals surface area (Å²) in [6, 6.07) is 9.64. The van der Waals surface area contributed by atoms with Crippen LogP contribution in [-0.4, -0.2) is 27.3 Å². The molecule has 0 unspecified atom stereocenters. The van der Waals surface area contributed by atoms with Crippen LogP contribution in [0.1, 0.15) is 51.8 Å². The Balaban J connectivity index is 1.73. The van der Waals surface area contributed by atoms with Gasteiger partial charge in [0.25, 0.3) is 5.56 Å². The van der Waals surface area contributed by atoms with Crippen molar-refractivity contribution in [3.8, 4) is 11.4 Å². The summed E-state index contributed by atoms with van der Waals surface area (Å²) in [6.07, 6.45) is 2.16. The SMILES string of the molecule is C[C@H](CC(=O)N1CCc2nc(-c3ccccc3)[nH]c(=O)c2C1)CC(C)(C)C. The number of benzene rings is 1. The van der Waals surface area contributed by atoms with Crippen molar-refractivity contribution in [1.29, 1.82) is 0 Å². The molecule has 0 aliphatic carbocycles. The second-order valence-electron chi connectivity index (χ2n) is 8.85. The van der Waals surface area contributed by atoms with Gasteiger partial charge in [0.15, 0.2) is 0 Å². The number of aromatic nitrogens is 2. The second-order valence-corrected chi connectivity index (χ2v) is 8.85. The van der Waals surface area contributed by atoms with Gasteiger partial charge < -0.3 is 9.88 Å². The van der Waals surface area contributed by atoms with Crippen LogP contribution in [0.3, 0.4) is 0 Å². The largest absolute Gasteiger partial charge is 0.338 e. The number of rotatable bonds is 4. The van der Waals surface area contributed by atoms with Crippen LogP contribution in [0.5, 0.6) is 0 Å². The number of carbonyl (C=O) groups excluding carboxylic acids is 1. The van der Waals surface area contributed by atoms with Gasteiger partial charge in [0, 0.05) is 24.9 Å². The number of nitrogens with zero attached hydrogens (tertiary/aromatic N) is 2. The van der Waals surface area contributed by atoms with E-state index in [9.17, 15) is 9.59 Å². The van der Waals surface area contributed by atoms with Crippen LogP contribution in [-0.2, 0) is 17.8 Å². The predicted octanol–water partition coefficient (Wildman–Crippen LogP) is 3.78. The number of fused-ring (bicyclic) bond motifs is 1. The van der Waals surface area contributed by atoms with E-state index in [4.69, 9.17) is 0 Å². The van der Waals surface area contributed by atoms with E-state index in [1.54, 1.807) is 4.90 Å². The van der Waals surface area contributed by atoms with Crippen molar-refractivity contribution in [1.82, 2.24) is 14.9 Å². The maximum Gasteiger partial charge on any atom is 0.256 e. The monoisotopic (exact) mass is 367 g/mol. The molecule has 0 saturated heterocycles. The van der Waals surface area contributed by atoms with Gasteiger partial charge in [-0.2, -0.15) is 0 Å². The minimum absolute atomic E-state index is 0.129. The summed E-state index contributed by atoms with van der Waals surface area (Å²) in [6.45, 7) is 9.69. The smallest absolute Gasteiger partial charge is 0.256 e. The van der Waals surface area contributed by atoms with Gasteiger partial charge in [-0.15, -0.1) is 0 Å². The third-order valence-electron chi connectivity index (χ3n) is 4.95. The molecule has 5 heteroatoms. The summed E-state index contributed by atoms with van der Waals surface area (Å²) in [5, 5.41) is 0. The maximum atomic E-state index is 12.7. The molecular formula is C22H29N3O2. The molecule has 3 rings (SSSR count). The van der Waals surface area contributed by atoms with Crippen molar-refractivity contribution in [2.45, 2.75) is 53.5 Å². The van der Waals surface area contributed by atoms with Crippen LogP contribution in [0.4, 0.5) is 0 Å². The molecule has 5 nitrogen and oxygen atoms in total. The fourth-order valence-electron chi connectivity index (χ4n) is 3.92. The average Bonchev–Trinajstić information content (AvgIpc) is 2.60. The standard InChI is InChI=1S/C22H29N3O2/c1-15(13-22(2,3)4)12-19(26)25-11-10-18-17(14-25)21(27)24-20(23-18)16-8-6-5-7-9-16/h5-9,15H,10-14H2,1-4H3,(H,23,24,27)/t15-/m1/s1. The Morgan fingerprint density at radius 3 is 2.63 bits per heavy atom. The topological polar surface area (TPSA) is 66.1 Å². The van der Waals surface area contributed by atoms with Crippen molar-refractivity contribution in [2.75, 3.05) is 6.54 Å². The first kappa shape index (κ1) is 19.3. The molecule has 1 aliphatic heterocycles. The average molecular weight is 367 g/mol. The van der Waals surface area contributed by atoms with Crippen molar-refractivity contribution in [2.24, 2.45) is 11.3 Å². The summed E-state index contributed by atoms with van der Waals surface area (Å²) in [4.78, 5) is 34.6. The van der Waals surface area contributed by atoms with Crippen molar-refractivity contribution >= 4 is 5.91 Å². The Morgan fingerprint density at radius 1 is 1.26 bits per heavy atom. The lowest BCUT2D eigenvalue weighted by Gasteiger charge is -2.30. The van der Waals surface area contributed by atoms with Gasteiger partial charge in [0.05, 0.1) is 17.8 Å². The minimum Gasteiger partial charge on any atom is -0.338 e. The highest BCUT2D eigenvalue weighted by molar-refractivity contribution is 5.76. The second kappa shape index (κ2) is 7.67. The van der Waals surface area contributed by atoms with Gasteiger partial charge in [0.1, 0.15) is 5.82 Å². The number of nitrogens with one attached hydrogen (secondary N) is 1. The Labute approximate surface area is 160 Å². The Bertz CT molecular complexity index is 865. The zero-order valence-electron chi connectivity index (χ0n) is 16.7. The van der Waals surface area contributed by atoms with Crippen LogP contribution in [0.15, 0.2) is 35.1 Å². The predicted molar refractivity (Wildman–Crippen MR) is 107 cm³/mol. The van der Waals surface area contributed by atoms with Crippen LogP contribution >= 0.6 is 0 Å². The third-order valence-corrected chi connectivity index (χ3v) is 4.95. The highest BCUT2D eigenvalue weighted by Crippen LogP contribution is 2.27. The Kier molecular flexibility index (Phi) is 5.49. The first-order chi connectivity index (χ1) is 12.7. The summed E-state index contributed by atoms with van der Waals surface area (Å²) in [5.41, 5.74) is 2.40. The van der Waals surface area contributed by atoms with E-state index in [-0.39, 0.29) is 16.9 Å². The quantitative estimate of drug-likeness (QED) is 0.894. The van der Waals surface area contributed by atoms with Crippen LogP contribution < -0.4 is 5.56 Å². The number of amides is 1. The molecule has 1 aliphatic rings. The number of H-pyrrole nitrogens is 1. The molecule has 2 aromatic rings. The lowest BCUT2D eigenvalue weighted by atomic mass is 9.84. The Hall–Kier alpha value is -2.43. The van der Waals surface area contributed by atoms with E-state index in [1.165, 1.54) is 0 Å². The first-order valence-corrected chi connectivity index (χ1v) is 9.68. The maximum absolute atomic E-state index is 12.7. The van der Waals surface area contributed by atoms with Gasteiger partial charge in [-0.05, 0) is 17.8 Å². The van der Waals surface area contributed by atoms with Crippen LogP contribution in [0, 0.1) is 11.3 Å². The lowest BCUT2D eigenvalue weighted by molar-refractivity contribution is -0.133. The third kappa shape index (κ3) is 4.85. The van der Waals surface area contributed by atoms with E-state index in [1.807, 2.05) is 30.3 Å². The molecule has 0 saturated carbocycles. The molecule has 0 radical (unpaired) electrons. The van der Waals surface area contributed by atoms with Gasteiger partial charge in [-0.1, -0.05) is 58.0 Å². The molecule has 1 N–H and O–H groups in total.